The Bertz CT molecular complexity index is 436. The highest BCUT2D eigenvalue weighted by molar-refractivity contribution is 5.79. The van der Waals surface area contributed by atoms with Crippen molar-refractivity contribution in [2.75, 3.05) is 0 Å². The normalized spacial score (nSPS) is 29.8. The molecule has 1 N–H and O–H groups in total. The highest BCUT2D eigenvalue weighted by Crippen LogP contribution is 2.54. The van der Waals surface area contributed by atoms with Gasteiger partial charge in [0.2, 0.25) is 5.91 Å². The lowest BCUT2D eigenvalue weighted by Crippen LogP contribution is -2.29. The van der Waals surface area contributed by atoms with Gasteiger partial charge in [0.1, 0.15) is 5.82 Å². The van der Waals surface area contributed by atoms with Crippen LogP contribution in [0.3, 0.4) is 0 Å². The zero-order valence-electron chi connectivity index (χ0n) is 9.66. The van der Waals surface area contributed by atoms with Gasteiger partial charge in [-0.25, -0.2) is 4.39 Å². The molecule has 1 aromatic carbocycles. The Labute approximate surface area is 100 Å². The Hall–Kier alpha value is -1.38. The van der Waals surface area contributed by atoms with Crippen molar-refractivity contribution < 1.29 is 9.18 Å². The first kappa shape index (κ1) is 10.8. The number of halogens is 1. The first-order valence-electron chi connectivity index (χ1n) is 6.25. The van der Waals surface area contributed by atoms with E-state index in [4.69, 9.17) is 0 Å². The molecule has 0 aliphatic heterocycles. The van der Waals surface area contributed by atoms with E-state index in [1.807, 2.05) is 0 Å². The molecule has 2 atom stereocenters. The average molecular weight is 233 g/mol. The Morgan fingerprint density at radius 1 is 1.24 bits per heavy atom. The topological polar surface area (TPSA) is 29.1 Å². The zero-order chi connectivity index (χ0) is 11.8. The summed E-state index contributed by atoms with van der Waals surface area (Å²) in [7, 11) is 0. The molecule has 2 saturated carbocycles. The second-order valence-electron chi connectivity index (χ2n) is 5.23. The molecule has 0 bridgehead atoms. The monoisotopic (exact) mass is 233 g/mol. The van der Waals surface area contributed by atoms with E-state index >= 15 is 0 Å². The lowest BCUT2D eigenvalue weighted by molar-refractivity contribution is -0.125. The van der Waals surface area contributed by atoms with Crippen LogP contribution in [0.1, 0.15) is 24.8 Å². The van der Waals surface area contributed by atoms with Crippen LogP contribution < -0.4 is 5.32 Å². The van der Waals surface area contributed by atoms with Gasteiger partial charge < -0.3 is 5.32 Å². The molecule has 2 aliphatic rings. The predicted molar refractivity (Wildman–Crippen MR) is 62.6 cm³/mol. The largest absolute Gasteiger partial charge is 0.352 e. The second kappa shape index (κ2) is 4.13. The highest BCUT2D eigenvalue weighted by atomic mass is 19.1. The van der Waals surface area contributed by atoms with Crippen LogP contribution in [0.4, 0.5) is 4.39 Å². The maximum absolute atomic E-state index is 13.3. The van der Waals surface area contributed by atoms with Crippen molar-refractivity contribution in [1.29, 1.82) is 0 Å². The van der Waals surface area contributed by atoms with E-state index in [9.17, 15) is 9.18 Å². The molecule has 2 aliphatic carbocycles. The van der Waals surface area contributed by atoms with E-state index in [1.54, 1.807) is 18.2 Å². The van der Waals surface area contributed by atoms with Crippen molar-refractivity contribution in [3.05, 3.63) is 35.6 Å². The lowest BCUT2D eigenvalue weighted by atomic mass is 10.0. The molecule has 2 unspecified atom stereocenters. The van der Waals surface area contributed by atoms with Crippen molar-refractivity contribution in [1.82, 2.24) is 5.32 Å². The summed E-state index contributed by atoms with van der Waals surface area (Å²) in [6.07, 6.45) is 3.39. The molecule has 0 radical (unpaired) electrons. The number of rotatable bonds is 3. The molecule has 1 amide bonds. The van der Waals surface area contributed by atoms with E-state index in [-0.39, 0.29) is 17.6 Å². The Morgan fingerprint density at radius 3 is 2.65 bits per heavy atom. The van der Waals surface area contributed by atoms with Gasteiger partial charge >= 0.3 is 0 Å². The number of benzene rings is 1. The molecule has 0 spiro atoms. The van der Waals surface area contributed by atoms with E-state index in [0.717, 1.165) is 24.7 Å². The maximum atomic E-state index is 13.3. The molecule has 2 fully saturated rings. The van der Waals surface area contributed by atoms with Crippen molar-refractivity contribution in [3.8, 4) is 0 Å². The van der Waals surface area contributed by atoms with Crippen LogP contribution in [0.5, 0.6) is 0 Å². The number of carbonyl (C=O) groups is 1. The summed E-state index contributed by atoms with van der Waals surface area (Å²) in [4.78, 5) is 11.9. The van der Waals surface area contributed by atoms with Crippen LogP contribution in [0.15, 0.2) is 24.3 Å². The number of nitrogens with one attached hydrogen (secondary N) is 1. The van der Waals surface area contributed by atoms with Crippen molar-refractivity contribution >= 4 is 5.91 Å². The summed E-state index contributed by atoms with van der Waals surface area (Å²) in [6.45, 7) is 0.303. The third-order valence-electron chi connectivity index (χ3n) is 4.03. The minimum absolute atomic E-state index is 0.0976. The van der Waals surface area contributed by atoms with Crippen LogP contribution in [-0.2, 0) is 11.3 Å². The molecular formula is C14H16FNO. The van der Waals surface area contributed by atoms with Gasteiger partial charge in [0, 0.05) is 18.0 Å². The summed E-state index contributed by atoms with van der Waals surface area (Å²) in [6, 6.07) is 6.58. The van der Waals surface area contributed by atoms with Gasteiger partial charge in [-0.1, -0.05) is 18.2 Å². The molecule has 3 heteroatoms. The smallest absolute Gasteiger partial charge is 0.223 e. The summed E-state index contributed by atoms with van der Waals surface area (Å²) >= 11 is 0. The Kier molecular flexibility index (Phi) is 2.61. The van der Waals surface area contributed by atoms with E-state index < -0.39 is 0 Å². The van der Waals surface area contributed by atoms with Gasteiger partial charge in [0.15, 0.2) is 0 Å². The summed E-state index contributed by atoms with van der Waals surface area (Å²) in [5.41, 5.74) is 0.559. The average Bonchev–Trinajstić information content (AvgIpc) is 2.95. The van der Waals surface area contributed by atoms with Crippen molar-refractivity contribution in [3.63, 3.8) is 0 Å². The minimum atomic E-state index is -0.248. The first-order chi connectivity index (χ1) is 8.24. The van der Waals surface area contributed by atoms with Crippen LogP contribution in [-0.4, -0.2) is 5.91 Å². The predicted octanol–water partition coefficient (Wildman–Crippen LogP) is 2.49. The highest BCUT2D eigenvalue weighted by Gasteiger charge is 2.47. The number of fused-ring (bicyclic) bond motifs is 1. The number of carbonyl (C=O) groups excluding carboxylic acids is 1. The molecule has 0 aromatic heterocycles. The van der Waals surface area contributed by atoms with Gasteiger partial charge in [-0.05, 0) is 37.2 Å². The molecule has 0 heterocycles. The van der Waals surface area contributed by atoms with Crippen molar-refractivity contribution in [2.45, 2.75) is 25.8 Å². The quantitative estimate of drug-likeness (QED) is 0.853. The fourth-order valence-electron chi connectivity index (χ4n) is 2.90. The Morgan fingerprint density at radius 2 is 1.94 bits per heavy atom. The standard InChI is InChI=1S/C14H16FNO/c15-13-4-2-1-3-9(13)8-16-14(17)12-6-10-5-11(10)7-12/h1-4,10-12H,5-8H2,(H,16,17). The summed E-state index contributed by atoms with van der Waals surface area (Å²) < 4.78 is 13.3. The van der Waals surface area contributed by atoms with Gasteiger partial charge in [0.25, 0.3) is 0 Å². The fraction of sp³-hybridized carbons (Fsp3) is 0.500. The van der Waals surface area contributed by atoms with E-state index in [0.29, 0.717) is 12.1 Å². The van der Waals surface area contributed by atoms with Gasteiger partial charge in [0.05, 0.1) is 0 Å². The molecule has 3 rings (SSSR count). The molecule has 0 saturated heterocycles. The van der Waals surface area contributed by atoms with Crippen LogP contribution >= 0.6 is 0 Å². The fourth-order valence-corrected chi connectivity index (χ4v) is 2.90. The van der Waals surface area contributed by atoms with Crippen LogP contribution in [0, 0.1) is 23.6 Å². The molecule has 1 aromatic rings. The van der Waals surface area contributed by atoms with E-state index in [1.165, 1.54) is 12.5 Å². The van der Waals surface area contributed by atoms with Crippen LogP contribution in [0.2, 0.25) is 0 Å². The molecule has 17 heavy (non-hydrogen) atoms. The number of hydrogen-bond donors (Lipinski definition) is 1. The molecular weight excluding hydrogens is 217 g/mol. The van der Waals surface area contributed by atoms with Gasteiger partial charge in [-0.3, -0.25) is 4.79 Å². The Balaban J connectivity index is 1.54. The SMILES string of the molecule is O=C(NCc1ccccc1F)C1CC2CC2C1. The summed E-state index contributed by atoms with van der Waals surface area (Å²) in [5.74, 6) is 1.63. The van der Waals surface area contributed by atoms with Crippen molar-refractivity contribution in [2.24, 2.45) is 17.8 Å². The number of hydrogen-bond acceptors (Lipinski definition) is 1. The third kappa shape index (κ3) is 2.19. The van der Waals surface area contributed by atoms with E-state index in [2.05, 4.69) is 5.32 Å². The second-order valence-corrected chi connectivity index (χ2v) is 5.23. The zero-order valence-corrected chi connectivity index (χ0v) is 9.66. The lowest BCUT2D eigenvalue weighted by Gasteiger charge is -2.12. The first-order valence-corrected chi connectivity index (χ1v) is 6.25. The third-order valence-corrected chi connectivity index (χ3v) is 4.03. The maximum Gasteiger partial charge on any atom is 0.223 e. The van der Waals surface area contributed by atoms with Crippen LogP contribution in [0.25, 0.3) is 0 Å². The van der Waals surface area contributed by atoms with Gasteiger partial charge in [-0.2, -0.15) is 0 Å². The summed E-state index contributed by atoms with van der Waals surface area (Å²) in [5, 5.41) is 2.84. The molecule has 2 nitrogen and oxygen atoms in total. The molecule has 90 valence electrons. The number of amides is 1. The van der Waals surface area contributed by atoms with Gasteiger partial charge in [-0.15, -0.1) is 0 Å². The minimum Gasteiger partial charge on any atom is -0.352 e.